The van der Waals surface area contributed by atoms with Gasteiger partial charge in [-0.25, -0.2) is 4.79 Å². The number of benzene rings is 3. The molecule has 0 bridgehead atoms. The summed E-state index contributed by atoms with van der Waals surface area (Å²) < 4.78 is 22.5. The molecule has 33 heavy (non-hydrogen) atoms. The van der Waals surface area contributed by atoms with Crippen LogP contribution in [-0.4, -0.2) is 17.9 Å². The van der Waals surface area contributed by atoms with Gasteiger partial charge in [0.15, 0.2) is 5.60 Å². The van der Waals surface area contributed by atoms with E-state index in [4.69, 9.17) is 18.9 Å². The fourth-order valence-corrected chi connectivity index (χ4v) is 4.10. The molecule has 9 heteroatoms. The summed E-state index contributed by atoms with van der Waals surface area (Å²) in [6, 6.07) is 16.9. The first-order valence-corrected chi connectivity index (χ1v) is 9.55. The Kier molecular flexibility index (Phi) is 6.65. The Bertz CT molecular complexity index is 1220. The van der Waals surface area contributed by atoms with Crippen LogP contribution in [0.3, 0.4) is 0 Å². The molecular weight excluding hydrogens is 442 g/mol. The van der Waals surface area contributed by atoms with Gasteiger partial charge in [-0.15, -0.1) is 0 Å². The van der Waals surface area contributed by atoms with Crippen molar-refractivity contribution < 1.29 is 67.6 Å². The quantitative estimate of drug-likeness (QED) is 0.252. The van der Waals surface area contributed by atoms with Crippen LogP contribution >= 0.6 is 0 Å². The van der Waals surface area contributed by atoms with Crippen LogP contribution in [0.4, 0.5) is 0 Å². The van der Waals surface area contributed by atoms with Crippen molar-refractivity contribution in [3.05, 3.63) is 82.9 Å². The standard InChI is InChI=1S/C24H16O7.FH.Na/c1-13(25)28-15-7-9-19-21(11-15)30-22-12-16(29-14(2)26)8-10-20(22)24(19)18-6-4-3-5-17(18)23(27)31-24;;/h3-12H,1-2H3;1H;/q;;+1/p-1. The summed E-state index contributed by atoms with van der Waals surface area (Å²) in [5.41, 5.74) is 1.06. The molecule has 0 aromatic heterocycles. The van der Waals surface area contributed by atoms with E-state index in [0.29, 0.717) is 45.3 Å². The third-order valence-corrected chi connectivity index (χ3v) is 5.18. The Hall–Kier alpha value is -3.20. The zero-order valence-electron chi connectivity index (χ0n) is 18.0. The van der Waals surface area contributed by atoms with E-state index in [0.717, 1.165) is 0 Å². The van der Waals surface area contributed by atoms with Gasteiger partial charge in [0.1, 0.15) is 23.0 Å². The minimum Gasteiger partial charge on any atom is -1.00 e. The van der Waals surface area contributed by atoms with Crippen LogP contribution < -0.4 is 48.5 Å². The molecule has 3 aromatic carbocycles. The molecule has 2 aliphatic heterocycles. The topological polar surface area (TPSA) is 88.1 Å². The number of hydrogen-bond donors (Lipinski definition) is 0. The average Bonchev–Trinajstić information content (AvgIpc) is 3.00. The van der Waals surface area contributed by atoms with Crippen molar-refractivity contribution in [2.75, 3.05) is 0 Å². The van der Waals surface area contributed by atoms with Gasteiger partial charge in [-0.2, -0.15) is 0 Å². The molecule has 0 atom stereocenters. The molecule has 2 aliphatic rings. The van der Waals surface area contributed by atoms with Crippen molar-refractivity contribution >= 4 is 17.9 Å². The Morgan fingerprint density at radius 3 is 1.82 bits per heavy atom. The number of hydrogen-bond acceptors (Lipinski definition) is 7. The molecule has 0 radical (unpaired) electrons. The molecule has 7 nitrogen and oxygen atoms in total. The summed E-state index contributed by atoms with van der Waals surface area (Å²) in [6.07, 6.45) is 0. The van der Waals surface area contributed by atoms with E-state index >= 15 is 0 Å². The van der Waals surface area contributed by atoms with Gasteiger partial charge in [-0.3, -0.25) is 9.59 Å². The monoisotopic (exact) mass is 458 g/mol. The molecule has 162 valence electrons. The average molecular weight is 458 g/mol. The summed E-state index contributed by atoms with van der Waals surface area (Å²) in [5, 5.41) is 0. The van der Waals surface area contributed by atoms with Crippen LogP contribution in [0.5, 0.6) is 23.0 Å². The van der Waals surface area contributed by atoms with Gasteiger partial charge in [0, 0.05) is 42.7 Å². The number of carbonyl (C=O) groups is 3. The summed E-state index contributed by atoms with van der Waals surface area (Å²) in [5.74, 6) is -0.104. The SMILES string of the molecule is CC(=O)Oc1ccc2c(c1)Oc1cc(OC(C)=O)ccc1C21OC(=O)c2ccccc21.[F-].[Na+]. The van der Waals surface area contributed by atoms with E-state index in [2.05, 4.69) is 0 Å². The maximum absolute atomic E-state index is 12.8. The Morgan fingerprint density at radius 1 is 0.788 bits per heavy atom. The van der Waals surface area contributed by atoms with Gasteiger partial charge < -0.3 is 23.7 Å². The van der Waals surface area contributed by atoms with E-state index in [1.54, 1.807) is 48.5 Å². The summed E-state index contributed by atoms with van der Waals surface area (Å²) in [6.45, 7) is 2.61. The van der Waals surface area contributed by atoms with Crippen molar-refractivity contribution in [3.63, 3.8) is 0 Å². The molecule has 2 heterocycles. The fourth-order valence-electron chi connectivity index (χ4n) is 4.10. The number of esters is 3. The molecule has 0 unspecified atom stereocenters. The Balaban J connectivity index is 0.00000153. The molecule has 0 amide bonds. The normalized spacial score (nSPS) is 13.7. The van der Waals surface area contributed by atoms with Crippen LogP contribution in [-0.2, 0) is 19.9 Å². The van der Waals surface area contributed by atoms with E-state index in [1.807, 2.05) is 12.1 Å². The van der Waals surface area contributed by atoms with Crippen LogP contribution in [0.1, 0.15) is 40.9 Å². The van der Waals surface area contributed by atoms with Gasteiger partial charge in [0.05, 0.1) is 5.56 Å². The van der Waals surface area contributed by atoms with Gasteiger partial charge in [-0.1, -0.05) is 18.2 Å². The Morgan fingerprint density at radius 2 is 1.30 bits per heavy atom. The first kappa shape index (κ1) is 24.4. The van der Waals surface area contributed by atoms with Gasteiger partial charge in [0.25, 0.3) is 0 Å². The predicted molar refractivity (Wildman–Crippen MR) is 107 cm³/mol. The second kappa shape index (κ2) is 8.97. The molecule has 1 spiro atoms. The first-order valence-electron chi connectivity index (χ1n) is 9.55. The number of rotatable bonds is 2. The van der Waals surface area contributed by atoms with Crippen molar-refractivity contribution in [1.29, 1.82) is 0 Å². The smallest absolute Gasteiger partial charge is 1.00 e. The molecular formula is C24H16FNaO7. The molecule has 0 saturated heterocycles. The van der Waals surface area contributed by atoms with Gasteiger partial charge in [0.2, 0.25) is 0 Å². The largest absolute Gasteiger partial charge is 1.00 e. The zero-order valence-corrected chi connectivity index (χ0v) is 20.0. The summed E-state index contributed by atoms with van der Waals surface area (Å²) >= 11 is 0. The number of halogens is 1. The number of ether oxygens (including phenoxy) is 4. The van der Waals surface area contributed by atoms with Crippen molar-refractivity contribution in [1.82, 2.24) is 0 Å². The number of carbonyl (C=O) groups excluding carboxylic acids is 3. The maximum atomic E-state index is 12.8. The van der Waals surface area contributed by atoms with Crippen molar-refractivity contribution in [2.24, 2.45) is 0 Å². The molecule has 0 aliphatic carbocycles. The summed E-state index contributed by atoms with van der Waals surface area (Å²) in [7, 11) is 0. The minimum atomic E-state index is -1.25. The summed E-state index contributed by atoms with van der Waals surface area (Å²) in [4.78, 5) is 35.6. The molecule has 5 rings (SSSR count). The Labute approximate surface area is 210 Å². The van der Waals surface area contributed by atoms with Crippen molar-refractivity contribution in [3.8, 4) is 23.0 Å². The van der Waals surface area contributed by atoms with Crippen LogP contribution in [0, 0.1) is 0 Å². The second-order valence-corrected chi connectivity index (χ2v) is 7.22. The predicted octanol–water partition coefficient (Wildman–Crippen LogP) is -1.89. The fraction of sp³-hybridized carbons (Fsp3) is 0.125. The minimum absolute atomic E-state index is 0. The maximum Gasteiger partial charge on any atom is 1.00 e. The van der Waals surface area contributed by atoms with E-state index in [1.165, 1.54) is 13.8 Å². The van der Waals surface area contributed by atoms with Gasteiger partial charge >= 0.3 is 47.5 Å². The van der Waals surface area contributed by atoms with E-state index in [9.17, 15) is 14.4 Å². The van der Waals surface area contributed by atoms with Crippen molar-refractivity contribution in [2.45, 2.75) is 19.4 Å². The molecule has 0 fully saturated rings. The van der Waals surface area contributed by atoms with Crippen LogP contribution in [0.25, 0.3) is 0 Å². The number of fused-ring (bicyclic) bond motifs is 6. The zero-order chi connectivity index (χ0) is 21.8. The third-order valence-electron chi connectivity index (χ3n) is 5.18. The van der Waals surface area contributed by atoms with Gasteiger partial charge in [-0.05, 0) is 30.3 Å². The van der Waals surface area contributed by atoms with E-state index < -0.39 is 23.5 Å². The second-order valence-electron chi connectivity index (χ2n) is 7.22. The molecule has 0 N–H and O–H groups in total. The van der Waals surface area contributed by atoms with Crippen LogP contribution in [0.2, 0.25) is 0 Å². The molecule has 3 aromatic rings. The molecule has 0 saturated carbocycles. The van der Waals surface area contributed by atoms with Crippen LogP contribution in [0.15, 0.2) is 60.7 Å². The first-order chi connectivity index (χ1) is 14.9. The third kappa shape index (κ3) is 3.90. The van der Waals surface area contributed by atoms with E-state index in [-0.39, 0.29) is 34.3 Å².